The lowest BCUT2D eigenvalue weighted by Gasteiger charge is -2.38. The molecule has 0 spiro atoms. The molecule has 0 aromatic heterocycles. The molecular formula is C31H43N3O3. The van der Waals surface area contributed by atoms with Gasteiger partial charge in [0.2, 0.25) is 0 Å². The molecule has 1 aliphatic carbocycles. The number of nitrogens with zero attached hydrogens (tertiary/aromatic N) is 1. The minimum atomic E-state index is -1.33. The minimum absolute atomic E-state index is 0.0968. The number of carbonyl (C=O) groups is 1. The van der Waals surface area contributed by atoms with Gasteiger partial charge >= 0.3 is 6.03 Å². The fourth-order valence-electron chi connectivity index (χ4n) is 7.12. The lowest BCUT2D eigenvalue weighted by atomic mass is 9.81. The molecule has 1 unspecified atom stereocenters. The molecule has 2 aliphatic heterocycles. The molecule has 2 amide bonds. The highest BCUT2D eigenvalue weighted by Crippen LogP contribution is 2.37. The van der Waals surface area contributed by atoms with Crippen LogP contribution in [0.5, 0.6) is 0 Å². The van der Waals surface area contributed by atoms with Crippen LogP contribution in [0.15, 0.2) is 60.7 Å². The number of hydrogen-bond donors (Lipinski definition) is 4. The smallest absolute Gasteiger partial charge is 0.315 e. The summed E-state index contributed by atoms with van der Waals surface area (Å²) < 4.78 is 0. The zero-order valence-corrected chi connectivity index (χ0v) is 22.1. The van der Waals surface area contributed by atoms with Gasteiger partial charge in [-0.05, 0) is 88.3 Å². The second-order valence-electron chi connectivity index (χ2n) is 11.6. The van der Waals surface area contributed by atoms with Crippen molar-refractivity contribution >= 4 is 6.03 Å². The van der Waals surface area contributed by atoms with Gasteiger partial charge in [0, 0.05) is 18.1 Å². The topological polar surface area (TPSA) is 84.8 Å². The molecule has 3 aliphatic rings. The summed E-state index contributed by atoms with van der Waals surface area (Å²) in [7, 11) is 0. The lowest BCUT2D eigenvalue weighted by Crippen LogP contribution is -2.54. The lowest BCUT2D eigenvalue weighted by molar-refractivity contribution is 0.0314. The Balaban J connectivity index is 1.11. The summed E-state index contributed by atoms with van der Waals surface area (Å²) >= 11 is 0. The van der Waals surface area contributed by atoms with Crippen molar-refractivity contribution in [1.29, 1.82) is 0 Å². The van der Waals surface area contributed by atoms with Crippen LogP contribution in [0.4, 0.5) is 4.79 Å². The summed E-state index contributed by atoms with van der Waals surface area (Å²) in [5.74, 6) is 0.715. The average molecular weight is 506 g/mol. The first-order valence-electron chi connectivity index (χ1n) is 14.3. The normalized spacial score (nSPS) is 29.0. The number of fused-ring (bicyclic) bond motifs is 2. The van der Waals surface area contributed by atoms with Crippen LogP contribution in [0.25, 0.3) is 0 Å². The molecule has 5 rings (SSSR count). The number of nitrogens with one attached hydrogen (secondary N) is 2. The van der Waals surface area contributed by atoms with Gasteiger partial charge in [0.25, 0.3) is 0 Å². The molecule has 200 valence electrons. The molecule has 2 aromatic rings. The van der Waals surface area contributed by atoms with Crippen LogP contribution in [0.1, 0.15) is 75.8 Å². The van der Waals surface area contributed by atoms with E-state index in [2.05, 4.69) is 15.5 Å². The van der Waals surface area contributed by atoms with E-state index in [-0.39, 0.29) is 18.2 Å². The van der Waals surface area contributed by atoms with E-state index >= 15 is 0 Å². The summed E-state index contributed by atoms with van der Waals surface area (Å²) in [6.07, 6.45) is 9.80. The third-order valence-corrected chi connectivity index (χ3v) is 9.24. The van der Waals surface area contributed by atoms with E-state index in [0.717, 1.165) is 56.2 Å². The molecular weight excluding hydrogens is 462 g/mol. The Bertz CT molecular complexity index is 955. The quantitative estimate of drug-likeness (QED) is 0.424. The number of aliphatic hydroxyl groups is 2. The van der Waals surface area contributed by atoms with E-state index in [0.29, 0.717) is 18.0 Å². The van der Waals surface area contributed by atoms with Crippen molar-refractivity contribution in [3.05, 3.63) is 71.8 Å². The maximum Gasteiger partial charge on any atom is 0.315 e. The third-order valence-electron chi connectivity index (χ3n) is 9.24. The molecule has 1 saturated carbocycles. The Kier molecular flexibility index (Phi) is 8.18. The molecule has 4 N–H and O–H groups in total. The molecule has 6 nitrogen and oxygen atoms in total. The first kappa shape index (κ1) is 26.2. The van der Waals surface area contributed by atoms with Gasteiger partial charge in [-0.25, -0.2) is 4.79 Å². The van der Waals surface area contributed by atoms with Gasteiger partial charge in [-0.15, -0.1) is 0 Å². The highest BCUT2D eigenvalue weighted by molar-refractivity contribution is 5.75. The van der Waals surface area contributed by atoms with Crippen LogP contribution in [0, 0.1) is 5.92 Å². The summed E-state index contributed by atoms with van der Waals surface area (Å²) in [6.45, 7) is 3.02. The maximum absolute atomic E-state index is 13.0. The summed E-state index contributed by atoms with van der Waals surface area (Å²) in [5.41, 5.74) is 0.179. The second-order valence-corrected chi connectivity index (χ2v) is 11.6. The third kappa shape index (κ3) is 5.87. The number of amides is 2. The predicted molar refractivity (Wildman–Crippen MR) is 146 cm³/mol. The van der Waals surface area contributed by atoms with E-state index in [9.17, 15) is 15.0 Å². The molecule has 4 atom stereocenters. The largest absolute Gasteiger partial charge is 0.393 e. The van der Waals surface area contributed by atoms with Crippen molar-refractivity contribution < 1.29 is 15.0 Å². The van der Waals surface area contributed by atoms with Crippen molar-refractivity contribution in [2.24, 2.45) is 5.92 Å². The van der Waals surface area contributed by atoms with Gasteiger partial charge in [0.1, 0.15) is 5.60 Å². The van der Waals surface area contributed by atoms with Gasteiger partial charge in [-0.1, -0.05) is 60.7 Å². The number of benzene rings is 2. The van der Waals surface area contributed by atoms with Gasteiger partial charge in [0.15, 0.2) is 0 Å². The Hall–Kier alpha value is -2.41. The standard InChI is InChI=1S/C31H43N3O3/c1-22(31(37,24-8-4-2-5-9-24)25-10-6-3-7-11-25)32-30(36)33-26-14-12-23(13-15-26)18-19-34-27-16-17-28(34)21-29(35)20-27/h2-11,22-23,26-29,35,37H,12-21H2,1H3,(H2,32,33,36)/t22-,23?,26?,27-,28+,29?/m1/s1. The fourth-order valence-corrected chi connectivity index (χ4v) is 7.12. The molecule has 2 aromatic carbocycles. The van der Waals surface area contributed by atoms with Crippen LogP contribution in [0.3, 0.4) is 0 Å². The van der Waals surface area contributed by atoms with Crippen molar-refractivity contribution in [3.8, 4) is 0 Å². The molecule has 3 fully saturated rings. The monoisotopic (exact) mass is 505 g/mol. The Morgan fingerprint density at radius 2 is 1.46 bits per heavy atom. The highest BCUT2D eigenvalue weighted by Gasteiger charge is 2.41. The van der Waals surface area contributed by atoms with Crippen molar-refractivity contribution in [2.75, 3.05) is 6.54 Å². The van der Waals surface area contributed by atoms with E-state index in [1.807, 2.05) is 67.6 Å². The van der Waals surface area contributed by atoms with Gasteiger partial charge in [-0.2, -0.15) is 0 Å². The Morgan fingerprint density at radius 3 is 2.00 bits per heavy atom. The van der Waals surface area contributed by atoms with Crippen molar-refractivity contribution in [2.45, 2.75) is 101 Å². The Morgan fingerprint density at radius 1 is 0.919 bits per heavy atom. The number of hydrogen-bond acceptors (Lipinski definition) is 4. The number of aliphatic hydroxyl groups excluding tert-OH is 1. The molecule has 2 bridgehead atoms. The number of carbonyl (C=O) groups excluding carboxylic acids is 1. The van der Waals surface area contributed by atoms with Gasteiger partial charge in [-0.3, -0.25) is 4.90 Å². The zero-order chi connectivity index (χ0) is 25.8. The number of urea groups is 1. The minimum Gasteiger partial charge on any atom is -0.393 e. The van der Waals surface area contributed by atoms with Gasteiger partial charge in [0.05, 0.1) is 12.1 Å². The van der Waals surface area contributed by atoms with Crippen LogP contribution < -0.4 is 10.6 Å². The van der Waals surface area contributed by atoms with Crippen LogP contribution in [-0.2, 0) is 5.60 Å². The number of rotatable bonds is 8. The Labute approximate surface area is 221 Å². The molecule has 0 radical (unpaired) electrons. The molecule has 2 heterocycles. The van der Waals surface area contributed by atoms with E-state index < -0.39 is 11.6 Å². The highest BCUT2D eigenvalue weighted by atomic mass is 16.3. The molecule has 2 saturated heterocycles. The summed E-state index contributed by atoms with van der Waals surface area (Å²) in [4.78, 5) is 15.7. The fraction of sp³-hybridized carbons (Fsp3) is 0.581. The van der Waals surface area contributed by atoms with E-state index in [4.69, 9.17) is 0 Å². The van der Waals surface area contributed by atoms with Crippen LogP contribution in [-0.4, -0.2) is 58.0 Å². The summed E-state index contributed by atoms with van der Waals surface area (Å²) in [6, 6.07) is 19.7. The molecule has 37 heavy (non-hydrogen) atoms. The van der Waals surface area contributed by atoms with Crippen LogP contribution >= 0.6 is 0 Å². The van der Waals surface area contributed by atoms with Gasteiger partial charge < -0.3 is 20.8 Å². The predicted octanol–water partition coefficient (Wildman–Crippen LogP) is 4.55. The SMILES string of the molecule is C[C@@H](NC(=O)NC1CCC(CCN2[C@@H]3CC[C@H]2CC(O)C3)CC1)C(O)(c1ccccc1)c1ccccc1. The van der Waals surface area contributed by atoms with Crippen molar-refractivity contribution in [3.63, 3.8) is 0 Å². The van der Waals surface area contributed by atoms with E-state index in [1.165, 1.54) is 19.3 Å². The second kappa shape index (κ2) is 11.5. The zero-order valence-electron chi connectivity index (χ0n) is 22.1. The first-order valence-corrected chi connectivity index (χ1v) is 14.3. The number of piperidine rings is 1. The first-order chi connectivity index (χ1) is 17.9. The van der Waals surface area contributed by atoms with Crippen molar-refractivity contribution in [1.82, 2.24) is 15.5 Å². The van der Waals surface area contributed by atoms with Crippen LogP contribution in [0.2, 0.25) is 0 Å². The maximum atomic E-state index is 13.0. The molecule has 6 heteroatoms. The average Bonchev–Trinajstić information content (AvgIpc) is 3.17. The van der Waals surface area contributed by atoms with E-state index in [1.54, 1.807) is 0 Å². The summed E-state index contributed by atoms with van der Waals surface area (Å²) in [5, 5.41) is 28.2.